The lowest BCUT2D eigenvalue weighted by molar-refractivity contribution is 0.109. The normalized spacial score (nSPS) is 21.4. The van der Waals surface area contributed by atoms with Gasteiger partial charge in [0.15, 0.2) is 0 Å². The van der Waals surface area contributed by atoms with Crippen LogP contribution in [-0.2, 0) is 0 Å². The monoisotopic (exact) mass is 182 g/mol. The minimum atomic E-state index is 0.643. The molecule has 1 aliphatic heterocycles. The van der Waals surface area contributed by atoms with Crippen molar-refractivity contribution in [2.75, 3.05) is 19.8 Å². The van der Waals surface area contributed by atoms with Crippen molar-refractivity contribution in [1.29, 1.82) is 0 Å². The van der Waals surface area contributed by atoms with Gasteiger partial charge in [-0.05, 0) is 27.7 Å². The van der Waals surface area contributed by atoms with Gasteiger partial charge in [-0.3, -0.25) is 9.80 Å². The molecule has 13 heavy (non-hydrogen) atoms. The van der Waals surface area contributed by atoms with Gasteiger partial charge in [-0.25, -0.2) is 0 Å². The van der Waals surface area contributed by atoms with E-state index in [4.69, 9.17) is 0 Å². The Bertz CT molecular complexity index is 155. The van der Waals surface area contributed by atoms with E-state index in [1.807, 2.05) is 0 Å². The molecule has 0 amide bonds. The highest BCUT2D eigenvalue weighted by atomic mass is 15.3. The molecular formula is C11H22N2. The van der Waals surface area contributed by atoms with Crippen LogP contribution in [0.25, 0.3) is 0 Å². The summed E-state index contributed by atoms with van der Waals surface area (Å²) in [4.78, 5) is 4.98. The first-order valence-corrected chi connectivity index (χ1v) is 5.24. The minimum absolute atomic E-state index is 0.643. The SMILES string of the molecule is CC(C)N1CC=CCN(C(C)C)C1. The van der Waals surface area contributed by atoms with E-state index in [1.54, 1.807) is 0 Å². The van der Waals surface area contributed by atoms with Crippen molar-refractivity contribution in [1.82, 2.24) is 9.80 Å². The first-order chi connectivity index (χ1) is 6.11. The van der Waals surface area contributed by atoms with Crippen LogP contribution in [0.15, 0.2) is 12.2 Å². The molecule has 0 aromatic heterocycles. The maximum absolute atomic E-state index is 2.49. The van der Waals surface area contributed by atoms with Gasteiger partial charge in [0.2, 0.25) is 0 Å². The molecule has 0 N–H and O–H groups in total. The van der Waals surface area contributed by atoms with Crippen LogP contribution in [0.3, 0.4) is 0 Å². The molecule has 1 rings (SSSR count). The standard InChI is InChI=1S/C11H22N2/c1-10(2)12-7-5-6-8-13(9-12)11(3)4/h5-6,10-11H,7-9H2,1-4H3. The first kappa shape index (κ1) is 10.7. The zero-order valence-corrected chi connectivity index (χ0v) is 9.33. The second kappa shape index (κ2) is 4.77. The van der Waals surface area contributed by atoms with Gasteiger partial charge in [-0.15, -0.1) is 0 Å². The molecular weight excluding hydrogens is 160 g/mol. The van der Waals surface area contributed by atoms with Crippen molar-refractivity contribution in [3.8, 4) is 0 Å². The summed E-state index contributed by atoms with van der Waals surface area (Å²) in [5.41, 5.74) is 0. The predicted molar refractivity (Wildman–Crippen MR) is 57.7 cm³/mol. The molecule has 0 aromatic carbocycles. The van der Waals surface area contributed by atoms with Crippen LogP contribution < -0.4 is 0 Å². The summed E-state index contributed by atoms with van der Waals surface area (Å²) in [6.07, 6.45) is 4.56. The fraction of sp³-hybridized carbons (Fsp3) is 0.818. The van der Waals surface area contributed by atoms with E-state index in [0.29, 0.717) is 12.1 Å². The fourth-order valence-electron chi connectivity index (χ4n) is 1.52. The van der Waals surface area contributed by atoms with Crippen molar-refractivity contribution < 1.29 is 0 Å². The summed E-state index contributed by atoms with van der Waals surface area (Å²) in [7, 11) is 0. The highest BCUT2D eigenvalue weighted by Crippen LogP contribution is 2.08. The van der Waals surface area contributed by atoms with Gasteiger partial charge in [0.1, 0.15) is 0 Å². The van der Waals surface area contributed by atoms with E-state index < -0.39 is 0 Å². The van der Waals surface area contributed by atoms with Crippen LogP contribution >= 0.6 is 0 Å². The Balaban J connectivity index is 2.56. The maximum atomic E-state index is 2.49. The summed E-state index contributed by atoms with van der Waals surface area (Å²) in [6, 6.07) is 1.29. The van der Waals surface area contributed by atoms with Crippen molar-refractivity contribution in [2.24, 2.45) is 0 Å². The zero-order valence-electron chi connectivity index (χ0n) is 9.33. The molecule has 1 aliphatic rings. The Hall–Kier alpha value is -0.340. The smallest absolute Gasteiger partial charge is 0.0517 e. The van der Waals surface area contributed by atoms with Crippen LogP contribution in [0.2, 0.25) is 0 Å². The molecule has 0 aromatic rings. The van der Waals surface area contributed by atoms with E-state index in [1.165, 1.54) is 0 Å². The lowest BCUT2D eigenvalue weighted by Gasteiger charge is -2.32. The molecule has 76 valence electrons. The molecule has 0 aliphatic carbocycles. The molecule has 0 spiro atoms. The fourth-order valence-corrected chi connectivity index (χ4v) is 1.52. The maximum Gasteiger partial charge on any atom is 0.0517 e. The topological polar surface area (TPSA) is 6.48 Å². The lowest BCUT2D eigenvalue weighted by atomic mass is 10.3. The third-order valence-electron chi connectivity index (χ3n) is 2.67. The zero-order chi connectivity index (χ0) is 9.84. The lowest BCUT2D eigenvalue weighted by Crippen LogP contribution is -2.43. The number of rotatable bonds is 2. The Kier molecular flexibility index (Phi) is 3.94. The molecule has 2 heteroatoms. The van der Waals surface area contributed by atoms with Gasteiger partial charge in [-0.2, -0.15) is 0 Å². The van der Waals surface area contributed by atoms with Crippen LogP contribution in [0.4, 0.5) is 0 Å². The van der Waals surface area contributed by atoms with Crippen LogP contribution in [-0.4, -0.2) is 41.6 Å². The number of nitrogens with zero attached hydrogens (tertiary/aromatic N) is 2. The Labute approximate surface area is 82.2 Å². The van der Waals surface area contributed by atoms with Crippen LogP contribution in [0.1, 0.15) is 27.7 Å². The average molecular weight is 182 g/mol. The second-order valence-corrected chi connectivity index (χ2v) is 4.34. The molecule has 0 radical (unpaired) electrons. The van der Waals surface area contributed by atoms with E-state index >= 15 is 0 Å². The minimum Gasteiger partial charge on any atom is -0.284 e. The molecule has 1 heterocycles. The molecule has 0 saturated carbocycles. The van der Waals surface area contributed by atoms with Crippen LogP contribution in [0.5, 0.6) is 0 Å². The molecule has 0 unspecified atom stereocenters. The third kappa shape index (κ3) is 3.12. The van der Waals surface area contributed by atoms with Crippen LogP contribution in [0, 0.1) is 0 Å². The molecule has 0 fully saturated rings. The summed E-state index contributed by atoms with van der Waals surface area (Å²) < 4.78 is 0. The van der Waals surface area contributed by atoms with Gasteiger partial charge in [0, 0.05) is 25.2 Å². The predicted octanol–water partition coefficient (Wildman–Crippen LogP) is 1.93. The van der Waals surface area contributed by atoms with E-state index in [0.717, 1.165) is 19.8 Å². The number of hydrogen-bond acceptors (Lipinski definition) is 2. The van der Waals surface area contributed by atoms with E-state index in [2.05, 4.69) is 49.6 Å². The van der Waals surface area contributed by atoms with Gasteiger partial charge in [-0.1, -0.05) is 12.2 Å². The second-order valence-electron chi connectivity index (χ2n) is 4.34. The number of hydrogen-bond donors (Lipinski definition) is 0. The van der Waals surface area contributed by atoms with Crippen molar-refractivity contribution in [3.63, 3.8) is 0 Å². The van der Waals surface area contributed by atoms with Crippen molar-refractivity contribution >= 4 is 0 Å². The molecule has 0 atom stereocenters. The van der Waals surface area contributed by atoms with Gasteiger partial charge in [0.05, 0.1) is 6.67 Å². The third-order valence-corrected chi connectivity index (χ3v) is 2.67. The van der Waals surface area contributed by atoms with Crippen molar-refractivity contribution in [3.05, 3.63) is 12.2 Å². The molecule has 0 saturated heterocycles. The largest absolute Gasteiger partial charge is 0.284 e. The summed E-state index contributed by atoms with van der Waals surface area (Å²) >= 11 is 0. The molecule has 2 nitrogen and oxygen atoms in total. The summed E-state index contributed by atoms with van der Waals surface area (Å²) in [5, 5.41) is 0. The Morgan fingerprint density at radius 1 is 0.846 bits per heavy atom. The quantitative estimate of drug-likeness (QED) is 0.602. The Morgan fingerprint density at radius 2 is 1.23 bits per heavy atom. The molecule has 0 bridgehead atoms. The summed E-state index contributed by atoms with van der Waals surface area (Å²) in [5.74, 6) is 0. The van der Waals surface area contributed by atoms with Gasteiger partial charge in [0.25, 0.3) is 0 Å². The van der Waals surface area contributed by atoms with E-state index in [-0.39, 0.29) is 0 Å². The Morgan fingerprint density at radius 3 is 1.54 bits per heavy atom. The highest BCUT2D eigenvalue weighted by molar-refractivity contribution is 4.92. The van der Waals surface area contributed by atoms with Crippen molar-refractivity contribution in [2.45, 2.75) is 39.8 Å². The van der Waals surface area contributed by atoms with Gasteiger partial charge >= 0.3 is 0 Å². The average Bonchev–Trinajstić information content (AvgIpc) is 2.28. The van der Waals surface area contributed by atoms with E-state index in [9.17, 15) is 0 Å². The van der Waals surface area contributed by atoms with Gasteiger partial charge < -0.3 is 0 Å². The first-order valence-electron chi connectivity index (χ1n) is 5.24. The summed E-state index contributed by atoms with van der Waals surface area (Å²) in [6.45, 7) is 12.3. The highest BCUT2D eigenvalue weighted by Gasteiger charge is 2.16.